The van der Waals surface area contributed by atoms with Crippen molar-refractivity contribution < 1.29 is 0 Å². The van der Waals surface area contributed by atoms with Crippen LogP contribution in [0.15, 0.2) is 279 Å². The van der Waals surface area contributed by atoms with Crippen LogP contribution in [-0.2, 0) is 10.8 Å². The molecule has 358 valence electrons. The number of anilines is 3. The molecule has 0 saturated heterocycles. The predicted octanol–water partition coefficient (Wildman–Crippen LogP) is 19.4. The minimum absolute atomic E-state index is 0.145. The molecule has 1 heterocycles. The van der Waals surface area contributed by atoms with Crippen LogP contribution >= 0.6 is 0 Å². The predicted molar refractivity (Wildman–Crippen MR) is 319 cm³/mol. The highest BCUT2D eigenvalue weighted by atomic mass is 15.1. The summed E-state index contributed by atoms with van der Waals surface area (Å²) in [5, 5.41) is 4.83. The smallest absolute Gasteiger partial charge is 0.0713 e. The number of hydrogen-bond donors (Lipinski definition) is 0. The highest BCUT2D eigenvalue weighted by Crippen LogP contribution is 2.57. The zero-order chi connectivity index (χ0) is 50.5. The molecule has 0 bridgehead atoms. The van der Waals surface area contributed by atoms with Gasteiger partial charge in [0.05, 0.1) is 22.1 Å². The third-order valence-electron chi connectivity index (χ3n) is 16.9. The molecular formula is C74H52N2. The van der Waals surface area contributed by atoms with Crippen LogP contribution < -0.4 is 4.90 Å². The van der Waals surface area contributed by atoms with Crippen molar-refractivity contribution in [3.05, 3.63) is 312 Å². The maximum atomic E-state index is 2.51. The zero-order valence-corrected chi connectivity index (χ0v) is 42.5. The standard InChI is InChI=1S/C74H52N2/c1-73(2)66-31-17-14-27-59(66)62-41-40-56(48-69(62)73)75(55-38-34-50(35-39-55)49-20-6-3-7-21-49)70-45-42-57(58-26-12-13-30-63(58)70)51-36-43-71-64(46-51)65-47-53(37-44-72(65)76(71)54-24-10-5-11-25-54)74(52-22-8-4-9-23-52)67-32-18-15-28-60(67)61-29-16-19-33-68(61)74/h3-48H,1-2H3. The first-order chi connectivity index (χ1) is 37.5. The number of aromatic nitrogens is 1. The SMILES string of the molecule is CC1(C)c2ccccc2-c2ccc(N(c3ccc(-c4ccccc4)cc3)c3ccc(-c4ccc5c(c4)c4cc(C6(c7ccccc7)c7ccccc7-c7ccccc76)ccc4n5-c4ccccc4)c4ccccc34)cc21. The van der Waals surface area contributed by atoms with Crippen LogP contribution in [0.25, 0.3) is 82.8 Å². The molecule has 0 saturated carbocycles. The molecule has 76 heavy (non-hydrogen) atoms. The molecule has 0 fully saturated rings. The first-order valence-corrected chi connectivity index (χ1v) is 26.6. The van der Waals surface area contributed by atoms with Crippen molar-refractivity contribution >= 4 is 49.6 Å². The number of hydrogen-bond acceptors (Lipinski definition) is 1. The van der Waals surface area contributed by atoms with E-state index >= 15 is 0 Å². The molecule has 0 aliphatic heterocycles. The second-order valence-corrected chi connectivity index (χ2v) is 21.2. The van der Waals surface area contributed by atoms with Crippen molar-refractivity contribution in [2.24, 2.45) is 0 Å². The van der Waals surface area contributed by atoms with Gasteiger partial charge in [0, 0.05) is 38.6 Å². The Morgan fingerprint density at radius 2 is 0.803 bits per heavy atom. The van der Waals surface area contributed by atoms with E-state index in [0.717, 1.165) is 22.7 Å². The Bertz CT molecular complexity index is 4370. The fourth-order valence-corrected chi connectivity index (χ4v) is 13.4. The third kappa shape index (κ3) is 6.47. The van der Waals surface area contributed by atoms with Crippen molar-refractivity contribution in [1.82, 2.24) is 4.57 Å². The maximum absolute atomic E-state index is 2.51. The van der Waals surface area contributed by atoms with Crippen LogP contribution in [0.5, 0.6) is 0 Å². The summed E-state index contributed by atoms with van der Waals surface area (Å²) in [6.07, 6.45) is 0. The van der Waals surface area contributed by atoms with Gasteiger partial charge in [-0.2, -0.15) is 0 Å². The molecule has 2 aliphatic carbocycles. The van der Waals surface area contributed by atoms with Crippen molar-refractivity contribution in [2.75, 3.05) is 4.90 Å². The minimum atomic E-state index is -0.514. The van der Waals surface area contributed by atoms with Gasteiger partial charge in [-0.15, -0.1) is 0 Å². The van der Waals surface area contributed by atoms with E-state index in [4.69, 9.17) is 0 Å². The first-order valence-electron chi connectivity index (χ1n) is 26.6. The number of rotatable bonds is 8. The van der Waals surface area contributed by atoms with Gasteiger partial charge in [-0.1, -0.05) is 226 Å². The molecular weight excluding hydrogens is 917 g/mol. The highest BCUT2D eigenvalue weighted by molar-refractivity contribution is 6.13. The summed E-state index contributed by atoms with van der Waals surface area (Å²) in [7, 11) is 0. The average Bonchev–Trinajstić information content (AvgIpc) is 4.24. The van der Waals surface area contributed by atoms with Crippen LogP contribution in [0.1, 0.15) is 47.2 Å². The summed E-state index contributed by atoms with van der Waals surface area (Å²) >= 11 is 0. The van der Waals surface area contributed by atoms with E-state index in [9.17, 15) is 0 Å². The summed E-state index contributed by atoms with van der Waals surface area (Å²) in [6.45, 7) is 4.74. The van der Waals surface area contributed by atoms with E-state index in [0.29, 0.717) is 0 Å². The summed E-state index contributed by atoms with van der Waals surface area (Å²) < 4.78 is 2.45. The van der Waals surface area contributed by atoms with Gasteiger partial charge in [0.25, 0.3) is 0 Å². The molecule has 0 unspecified atom stereocenters. The lowest BCUT2D eigenvalue weighted by molar-refractivity contribution is 0.660. The number of para-hydroxylation sites is 1. The lowest BCUT2D eigenvalue weighted by Gasteiger charge is -2.34. The Hall–Kier alpha value is -9.50. The normalized spacial score (nSPS) is 13.6. The molecule has 2 aliphatic rings. The highest BCUT2D eigenvalue weighted by Gasteiger charge is 2.46. The van der Waals surface area contributed by atoms with Gasteiger partial charge in [0.2, 0.25) is 0 Å². The van der Waals surface area contributed by atoms with Crippen LogP contribution in [0.4, 0.5) is 17.1 Å². The van der Waals surface area contributed by atoms with E-state index in [-0.39, 0.29) is 5.41 Å². The average molecular weight is 969 g/mol. The number of benzene rings is 12. The van der Waals surface area contributed by atoms with Crippen LogP contribution in [0.3, 0.4) is 0 Å². The van der Waals surface area contributed by atoms with Crippen molar-refractivity contribution in [2.45, 2.75) is 24.7 Å². The van der Waals surface area contributed by atoms with E-state index < -0.39 is 5.41 Å². The minimum Gasteiger partial charge on any atom is -0.310 e. The van der Waals surface area contributed by atoms with Gasteiger partial charge < -0.3 is 9.47 Å². The summed E-state index contributed by atoms with van der Waals surface area (Å²) in [5.74, 6) is 0. The van der Waals surface area contributed by atoms with Crippen molar-refractivity contribution in [3.8, 4) is 50.2 Å². The Morgan fingerprint density at radius 3 is 1.50 bits per heavy atom. The van der Waals surface area contributed by atoms with Crippen LogP contribution in [0, 0.1) is 0 Å². The Kier molecular flexibility index (Phi) is 9.86. The van der Waals surface area contributed by atoms with E-state index in [1.807, 2.05) is 0 Å². The lowest BCUT2D eigenvalue weighted by Crippen LogP contribution is -2.28. The molecule has 2 nitrogen and oxygen atoms in total. The largest absolute Gasteiger partial charge is 0.310 e. The van der Waals surface area contributed by atoms with Crippen molar-refractivity contribution in [1.29, 1.82) is 0 Å². The Morgan fingerprint density at radius 1 is 0.303 bits per heavy atom. The molecule has 0 amide bonds. The molecule has 15 rings (SSSR count). The van der Waals surface area contributed by atoms with E-state index in [1.165, 1.54) is 110 Å². The Labute approximate surface area is 444 Å². The van der Waals surface area contributed by atoms with Gasteiger partial charge in [-0.3, -0.25) is 0 Å². The molecule has 12 aromatic carbocycles. The van der Waals surface area contributed by atoms with Gasteiger partial charge >= 0.3 is 0 Å². The van der Waals surface area contributed by atoms with Crippen LogP contribution in [0.2, 0.25) is 0 Å². The van der Waals surface area contributed by atoms with E-state index in [2.05, 4.69) is 302 Å². The second-order valence-electron chi connectivity index (χ2n) is 21.2. The first kappa shape index (κ1) is 44.0. The molecule has 13 aromatic rings. The molecule has 1 aromatic heterocycles. The van der Waals surface area contributed by atoms with E-state index in [1.54, 1.807) is 0 Å². The second kappa shape index (κ2) is 17.0. The van der Waals surface area contributed by atoms with Gasteiger partial charge in [-0.05, 0) is 150 Å². The molecule has 0 N–H and O–H groups in total. The summed E-state index contributed by atoms with van der Waals surface area (Å²) in [6, 6.07) is 104. The van der Waals surface area contributed by atoms with Crippen molar-refractivity contribution in [3.63, 3.8) is 0 Å². The van der Waals surface area contributed by atoms with Gasteiger partial charge in [0.1, 0.15) is 0 Å². The fourth-order valence-electron chi connectivity index (χ4n) is 13.4. The van der Waals surface area contributed by atoms with Gasteiger partial charge in [-0.25, -0.2) is 0 Å². The number of fused-ring (bicyclic) bond motifs is 10. The van der Waals surface area contributed by atoms with Crippen LogP contribution in [-0.4, -0.2) is 4.57 Å². The third-order valence-corrected chi connectivity index (χ3v) is 16.9. The topological polar surface area (TPSA) is 8.17 Å². The summed E-state index contributed by atoms with van der Waals surface area (Å²) in [4.78, 5) is 2.47. The van der Waals surface area contributed by atoms with Gasteiger partial charge in [0.15, 0.2) is 0 Å². The lowest BCUT2D eigenvalue weighted by atomic mass is 9.67. The zero-order valence-electron chi connectivity index (χ0n) is 42.5. The molecule has 2 heteroatoms. The maximum Gasteiger partial charge on any atom is 0.0713 e. The Balaban J connectivity index is 0.932. The summed E-state index contributed by atoms with van der Waals surface area (Å²) in [5.41, 5.74) is 24.1. The number of nitrogens with zero attached hydrogens (tertiary/aromatic N) is 2. The molecule has 0 spiro atoms. The quantitative estimate of drug-likeness (QED) is 0.147. The molecule has 0 radical (unpaired) electrons. The monoisotopic (exact) mass is 968 g/mol. The fraction of sp³-hybridized carbons (Fsp3) is 0.0541. The molecule has 0 atom stereocenters.